The van der Waals surface area contributed by atoms with E-state index in [0.717, 1.165) is 16.9 Å². The normalized spacial score (nSPS) is 11.4. The van der Waals surface area contributed by atoms with Gasteiger partial charge in [-0.1, -0.05) is 42.5 Å². The van der Waals surface area contributed by atoms with Crippen molar-refractivity contribution in [2.24, 2.45) is 0 Å². The molecule has 0 spiro atoms. The average molecular weight is 418 g/mol. The molecule has 3 aromatic heterocycles. The van der Waals surface area contributed by atoms with Gasteiger partial charge in [0.2, 0.25) is 5.78 Å². The quantitative estimate of drug-likeness (QED) is 0.440. The van der Waals surface area contributed by atoms with Crippen LogP contribution in [0.4, 0.5) is 0 Å². The standard InChI is InChI=1S/C22H18N4O3S/c1-29-17-9-7-16(8-10-17)13-24-20(27)19-18(11-12-30-19)26-21(24)23-25(22(26)28)14-15-5-3-2-4-6-15/h2-12H,13-14H2,1H3. The van der Waals surface area contributed by atoms with Crippen LogP contribution >= 0.6 is 11.3 Å². The summed E-state index contributed by atoms with van der Waals surface area (Å²) in [6.45, 7) is 0.645. The van der Waals surface area contributed by atoms with Crippen LogP contribution in [0, 0.1) is 0 Å². The minimum Gasteiger partial charge on any atom is -0.497 e. The van der Waals surface area contributed by atoms with Gasteiger partial charge < -0.3 is 4.74 Å². The van der Waals surface area contributed by atoms with Crippen molar-refractivity contribution in [3.05, 3.63) is 98.0 Å². The molecular formula is C22H18N4O3S. The van der Waals surface area contributed by atoms with Gasteiger partial charge in [0.25, 0.3) is 5.56 Å². The van der Waals surface area contributed by atoms with Crippen molar-refractivity contribution in [3.8, 4) is 5.75 Å². The highest BCUT2D eigenvalue weighted by Gasteiger charge is 2.18. The number of hydrogen-bond acceptors (Lipinski definition) is 5. The Morgan fingerprint density at radius 2 is 1.67 bits per heavy atom. The monoisotopic (exact) mass is 418 g/mol. The number of hydrogen-bond donors (Lipinski definition) is 0. The van der Waals surface area contributed by atoms with E-state index in [1.807, 2.05) is 60.0 Å². The van der Waals surface area contributed by atoms with Crippen LogP contribution in [-0.4, -0.2) is 25.9 Å². The summed E-state index contributed by atoms with van der Waals surface area (Å²) < 4.78 is 10.2. The van der Waals surface area contributed by atoms with Gasteiger partial charge in [0.15, 0.2) is 0 Å². The van der Waals surface area contributed by atoms with Crippen molar-refractivity contribution in [1.29, 1.82) is 0 Å². The molecule has 5 rings (SSSR count). The topological polar surface area (TPSA) is 70.5 Å². The van der Waals surface area contributed by atoms with E-state index in [0.29, 0.717) is 29.1 Å². The summed E-state index contributed by atoms with van der Waals surface area (Å²) in [6, 6.07) is 19.0. The largest absolute Gasteiger partial charge is 0.497 e. The van der Waals surface area contributed by atoms with Crippen LogP contribution in [0.2, 0.25) is 0 Å². The molecule has 0 aliphatic heterocycles. The van der Waals surface area contributed by atoms with Crippen LogP contribution in [-0.2, 0) is 13.1 Å². The van der Waals surface area contributed by atoms with Gasteiger partial charge in [0, 0.05) is 0 Å². The van der Waals surface area contributed by atoms with Crippen molar-refractivity contribution >= 4 is 27.3 Å². The first-order chi connectivity index (χ1) is 14.7. The molecule has 0 saturated heterocycles. The Labute approximate surface area is 175 Å². The molecule has 3 heterocycles. The Balaban J connectivity index is 1.70. The van der Waals surface area contributed by atoms with Crippen LogP contribution in [0.15, 0.2) is 75.6 Å². The summed E-state index contributed by atoms with van der Waals surface area (Å²) in [5, 5.41) is 6.36. The number of benzene rings is 2. The highest BCUT2D eigenvalue weighted by atomic mass is 32.1. The predicted octanol–water partition coefficient (Wildman–Crippen LogP) is 2.98. The molecule has 0 fully saturated rings. The Hall–Kier alpha value is -3.65. The van der Waals surface area contributed by atoms with Gasteiger partial charge in [0.05, 0.1) is 25.7 Å². The third kappa shape index (κ3) is 3.02. The van der Waals surface area contributed by atoms with Gasteiger partial charge >= 0.3 is 5.69 Å². The third-order valence-electron chi connectivity index (χ3n) is 5.06. The van der Waals surface area contributed by atoms with Crippen molar-refractivity contribution in [1.82, 2.24) is 18.7 Å². The molecule has 0 bridgehead atoms. The fourth-order valence-electron chi connectivity index (χ4n) is 3.55. The van der Waals surface area contributed by atoms with Crippen LogP contribution in [0.3, 0.4) is 0 Å². The van der Waals surface area contributed by atoms with E-state index in [9.17, 15) is 9.59 Å². The van der Waals surface area contributed by atoms with E-state index >= 15 is 0 Å². The molecule has 8 heteroatoms. The Morgan fingerprint density at radius 3 is 2.40 bits per heavy atom. The Morgan fingerprint density at radius 1 is 0.933 bits per heavy atom. The van der Waals surface area contributed by atoms with E-state index in [1.165, 1.54) is 20.4 Å². The zero-order chi connectivity index (χ0) is 20.7. The molecule has 5 aromatic rings. The number of ether oxygens (including phenoxy) is 1. The molecular weight excluding hydrogens is 400 g/mol. The van der Waals surface area contributed by atoms with Gasteiger partial charge in [0.1, 0.15) is 10.4 Å². The molecule has 0 amide bonds. The summed E-state index contributed by atoms with van der Waals surface area (Å²) >= 11 is 1.33. The summed E-state index contributed by atoms with van der Waals surface area (Å²) in [4.78, 5) is 26.4. The number of thiophene rings is 1. The fraction of sp³-hybridized carbons (Fsp3) is 0.136. The van der Waals surface area contributed by atoms with Gasteiger partial charge in [-0.2, -0.15) is 0 Å². The lowest BCUT2D eigenvalue weighted by atomic mass is 10.2. The molecule has 0 aliphatic rings. The van der Waals surface area contributed by atoms with Crippen molar-refractivity contribution in [2.45, 2.75) is 13.1 Å². The molecule has 0 aliphatic carbocycles. The van der Waals surface area contributed by atoms with Gasteiger partial charge in [-0.25, -0.2) is 13.9 Å². The van der Waals surface area contributed by atoms with E-state index in [-0.39, 0.29) is 11.2 Å². The van der Waals surface area contributed by atoms with E-state index in [1.54, 1.807) is 17.7 Å². The first kappa shape index (κ1) is 18.4. The number of methoxy groups -OCH3 is 1. The lowest BCUT2D eigenvalue weighted by Gasteiger charge is -2.08. The predicted molar refractivity (Wildman–Crippen MR) is 117 cm³/mol. The SMILES string of the molecule is COc1ccc(Cn2c(=O)c3sccc3n3c(=O)n(Cc4ccccc4)nc23)cc1. The summed E-state index contributed by atoms with van der Waals surface area (Å²) in [5.74, 6) is 1.08. The zero-order valence-electron chi connectivity index (χ0n) is 16.2. The van der Waals surface area contributed by atoms with E-state index in [4.69, 9.17) is 4.74 Å². The minimum absolute atomic E-state index is 0.153. The second-order valence-electron chi connectivity index (χ2n) is 6.94. The molecule has 0 radical (unpaired) electrons. The lowest BCUT2D eigenvalue weighted by Crippen LogP contribution is -2.26. The number of nitrogens with zero attached hydrogens (tertiary/aromatic N) is 4. The second kappa shape index (κ2) is 7.31. The van der Waals surface area contributed by atoms with Gasteiger partial charge in [-0.15, -0.1) is 16.4 Å². The average Bonchev–Trinajstić information content (AvgIpc) is 3.38. The van der Waals surface area contributed by atoms with Crippen LogP contribution < -0.4 is 16.0 Å². The highest BCUT2D eigenvalue weighted by Crippen LogP contribution is 2.19. The smallest absolute Gasteiger partial charge is 0.352 e. The second-order valence-corrected chi connectivity index (χ2v) is 7.85. The molecule has 7 nitrogen and oxygen atoms in total. The van der Waals surface area contributed by atoms with Crippen molar-refractivity contribution in [3.63, 3.8) is 0 Å². The maximum atomic E-state index is 13.2. The van der Waals surface area contributed by atoms with Crippen LogP contribution in [0.25, 0.3) is 16.0 Å². The number of fused-ring (bicyclic) bond motifs is 3. The van der Waals surface area contributed by atoms with Crippen molar-refractivity contribution < 1.29 is 4.74 Å². The summed E-state index contributed by atoms with van der Waals surface area (Å²) in [5.41, 5.74) is 2.06. The zero-order valence-corrected chi connectivity index (χ0v) is 17.0. The minimum atomic E-state index is -0.263. The molecule has 150 valence electrons. The fourth-order valence-corrected chi connectivity index (χ4v) is 4.37. The number of rotatable bonds is 5. The first-order valence-corrected chi connectivity index (χ1v) is 10.3. The third-order valence-corrected chi connectivity index (χ3v) is 5.95. The van der Waals surface area contributed by atoms with Crippen molar-refractivity contribution in [2.75, 3.05) is 7.11 Å². The molecule has 2 aromatic carbocycles. The van der Waals surface area contributed by atoms with Gasteiger partial charge in [-0.3, -0.25) is 9.36 Å². The van der Waals surface area contributed by atoms with Crippen LogP contribution in [0.5, 0.6) is 5.75 Å². The van der Waals surface area contributed by atoms with Crippen LogP contribution in [0.1, 0.15) is 11.1 Å². The molecule has 0 N–H and O–H groups in total. The van der Waals surface area contributed by atoms with Gasteiger partial charge in [-0.05, 0) is 34.7 Å². The first-order valence-electron chi connectivity index (χ1n) is 9.42. The maximum absolute atomic E-state index is 13.2. The Kier molecular flexibility index (Phi) is 4.48. The lowest BCUT2D eigenvalue weighted by molar-refractivity contribution is 0.414. The highest BCUT2D eigenvalue weighted by molar-refractivity contribution is 7.17. The summed E-state index contributed by atoms with van der Waals surface area (Å²) in [6.07, 6.45) is 0. The molecule has 30 heavy (non-hydrogen) atoms. The molecule has 0 atom stereocenters. The van der Waals surface area contributed by atoms with E-state index < -0.39 is 0 Å². The Bertz CT molecular complexity index is 1460. The molecule has 0 unspecified atom stereocenters. The molecule has 0 saturated carbocycles. The number of aromatic nitrogens is 4. The van der Waals surface area contributed by atoms with E-state index in [2.05, 4.69) is 5.10 Å². The maximum Gasteiger partial charge on any atom is 0.352 e. The summed E-state index contributed by atoms with van der Waals surface area (Å²) in [7, 11) is 1.61.